The van der Waals surface area contributed by atoms with E-state index in [0.29, 0.717) is 0 Å². The lowest BCUT2D eigenvalue weighted by Gasteiger charge is -2.19. The molecular weight excluding hydrogens is 180 g/mol. The molecule has 1 aliphatic heterocycles. The van der Waals surface area contributed by atoms with Crippen LogP contribution in [0.2, 0.25) is 0 Å². The summed E-state index contributed by atoms with van der Waals surface area (Å²) in [5.41, 5.74) is 0. The highest BCUT2D eigenvalue weighted by molar-refractivity contribution is 6.01. The van der Waals surface area contributed by atoms with E-state index in [1.807, 2.05) is 0 Å². The van der Waals surface area contributed by atoms with Crippen molar-refractivity contribution in [3.05, 3.63) is 12.5 Å². The van der Waals surface area contributed by atoms with E-state index in [4.69, 9.17) is 5.11 Å². The second kappa shape index (κ2) is 3.34. The summed E-state index contributed by atoms with van der Waals surface area (Å²) in [6.45, 7) is 1.61. The average molecular weight is 188 g/mol. The molecule has 0 amide bonds. The molecule has 0 aromatic carbocycles. The van der Waals surface area contributed by atoms with E-state index in [1.54, 1.807) is 6.92 Å². The summed E-state index contributed by atoms with van der Waals surface area (Å²) in [6.07, 6.45) is 1.95. The van der Waals surface area contributed by atoms with Gasteiger partial charge in [-0.1, -0.05) is 0 Å². The van der Waals surface area contributed by atoms with Crippen molar-refractivity contribution in [3.63, 3.8) is 0 Å². The average Bonchev–Trinajstić information content (AvgIpc) is 2.53. The Balaban J connectivity index is 2.80. The van der Waals surface area contributed by atoms with Crippen molar-refractivity contribution in [3.8, 4) is 0 Å². The van der Waals surface area contributed by atoms with Gasteiger partial charge in [-0.05, 0) is 6.92 Å². The maximum Gasteiger partial charge on any atom is 0.452 e. The van der Waals surface area contributed by atoms with Gasteiger partial charge >= 0.3 is 17.7 Å². The van der Waals surface area contributed by atoms with Crippen LogP contribution in [-0.4, -0.2) is 29.4 Å². The minimum absolute atomic E-state index is 0.0561. The summed E-state index contributed by atoms with van der Waals surface area (Å²) < 4.78 is 13.6. The molecule has 1 N–H and O–H groups in total. The van der Waals surface area contributed by atoms with Crippen molar-refractivity contribution in [1.29, 1.82) is 0 Å². The quantitative estimate of drug-likeness (QED) is 0.489. The predicted molar refractivity (Wildman–Crippen MR) is 38.3 cm³/mol. The molecule has 0 saturated heterocycles. The van der Waals surface area contributed by atoms with Gasteiger partial charge in [-0.2, -0.15) is 0 Å². The largest absolute Gasteiger partial charge is 0.475 e. The van der Waals surface area contributed by atoms with Crippen LogP contribution in [0.4, 0.5) is 0 Å². The fourth-order valence-corrected chi connectivity index (χ4v) is 0.785. The van der Waals surface area contributed by atoms with E-state index in [2.05, 4.69) is 14.2 Å². The summed E-state index contributed by atoms with van der Waals surface area (Å²) in [5, 5.41) is 8.67. The summed E-state index contributed by atoms with van der Waals surface area (Å²) in [7, 11) is 0. The zero-order valence-electron chi connectivity index (χ0n) is 6.85. The Kier molecular flexibility index (Phi) is 2.41. The SMILES string of the molecule is CCOC(=O)C1(C(=O)O)OC=CO1. The minimum Gasteiger partial charge on any atom is -0.475 e. The second-order valence-corrected chi connectivity index (χ2v) is 2.15. The smallest absolute Gasteiger partial charge is 0.452 e. The van der Waals surface area contributed by atoms with Crippen LogP contribution < -0.4 is 0 Å². The van der Waals surface area contributed by atoms with Gasteiger partial charge in [-0.25, -0.2) is 9.59 Å². The van der Waals surface area contributed by atoms with Gasteiger partial charge in [0.25, 0.3) is 0 Å². The Hall–Kier alpha value is -1.72. The third-order valence-electron chi connectivity index (χ3n) is 1.35. The van der Waals surface area contributed by atoms with Crippen LogP contribution in [0, 0.1) is 0 Å². The van der Waals surface area contributed by atoms with Gasteiger partial charge in [-0.3, -0.25) is 0 Å². The minimum atomic E-state index is -2.35. The third kappa shape index (κ3) is 1.42. The first kappa shape index (κ1) is 9.37. The van der Waals surface area contributed by atoms with Crippen molar-refractivity contribution in [2.45, 2.75) is 12.7 Å². The van der Waals surface area contributed by atoms with Gasteiger partial charge < -0.3 is 19.3 Å². The van der Waals surface area contributed by atoms with Crippen molar-refractivity contribution >= 4 is 11.9 Å². The highest BCUT2D eigenvalue weighted by Gasteiger charge is 2.55. The highest BCUT2D eigenvalue weighted by atomic mass is 16.8. The molecule has 0 radical (unpaired) electrons. The monoisotopic (exact) mass is 188 g/mol. The van der Waals surface area contributed by atoms with Crippen LogP contribution in [0.3, 0.4) is 0 Å². The van der Waals surface area contributed by atoms with Crippen LogP contribution in [0.15, 0.2) is 12.5 Å². The molecule has 0 spiro atoms. The lowest BCUT2D eigenvalue weighted by molar-refractivity contribution is -0.213. The van der Waals surface area contributed by atoms with Crippen molar-refractivity contribution in [1.82, 2.24) is 0 Å². The standard InChI is InChI=1S/C7H8O6/c1-2-11-6(10)7(5(8)9)12-3-4-13-7/h3-4H,2H2,1H3,(H,8,9). The topological polar surface area (TPSA) is 82.1 Å². The maximum absolute atomic E-state index is 11.1. The van der Waals surface area contributed by atoms with E-state index in [-0.39, 0.29) is 6.61 Å². The Morgan fingerprint density at radius 3 is 2.38 bits per heavy atom. The third-order valence-corrected chi connectivity index (χ3v) is 1.35. The molecule has 0 unspecified atom stereocenters. The Labute approximate surface area is 73.7 Å². The molecule has 0 fully saturated rings. The number of carbonyl (C=O) groups excluding carboxylic acids is 1. The molecule has 0 saturated carbocycles. The van der Waals surface area contributed by atoms with Crippen molar-refractivity contribution < 1.29 is 28.9 Å². The van der Waals surface area contributed by atoms with Gasteiger partial charge in [-0.15, -0.1) is 0 Å². The number of esters is 1. The predicted octanol–water partition coefficient (Wildman–Crippen LogP) is -0.152. The fraction of sp³-hybridized carbons (Fsp3) is 0.429. The Morgan fingerprint density at radius 1 is 1.46 bits per heavy atom. The van der Waals surface area contributed by atoms with Gasteiger partial charge in [0.1, 0.15) is 12.5 Å². The number of aliphatic carboxylic acids is 1. The van der Waals surface area contributed by atoms with Crippen LogP contribution in [0.5, 0.6) is 0 Å². The zero-order valence-corrected chi connectivity index (χ0v) is 6.85. The van der Waals surface area contributed by atoms with Crippen LogP contribution in [0.1, 0.15) is 6.92 Å². The molecular formula is C7H8O6. The van der Waals surface area contributed by atoms with Gasteiger partial charge in [0, 0.05) is 0 Å². The van der Waals surface area contributed by atoms with E-state index in [1.165, 1.54) is 0 Å². The number of carbonyl (C=O) groups is 2. The van der Waals surface area contributed by atoms with E-state index in [9.17, 15) is 9.59 Å². The molecule has 0 atom stereocenters. The van der Waals surface area contributed by atoms with E-state index >= 15 is 0 Å². The molecule has 13 heavy (non-hydrogen) atoms. The second-order valence-electron chi connectivity index (χ2n) is 2.15. The van der Waals surface area contributed by atoms with Crippen molar-refractivity contribution in [2.24, 2.45) is 0 Å². The molecule has 6 heteroatoms. The van der Waals surface area contributed by atoms with Gasteiger partial charge in [0.15, 0.2) is 0 Å². The molecule has 0 aliphatic carbocycles. The lowest BCUT2D eigenvalue weighted by Crippen LogP contribution is -2.48. The van der Waals surface area contributed by atoms with E-state index in [0.717, 1.165) is 12.5 Å². The maximum atomic E-state index is 11.1. The molecule has 1 heterocycles. The number of hydrogen-bond donors (Lipinski definition) is 1. The summed E-state index contributed by atoms with van der Waals surface area (Å²) in [5.74, 6) is -4.97. The Morgan fingerprint density at radius 2 is 2.00 bits per heavy atom. The summed E-state index contributed by atoms with van der Waals surface area (Å²) in [4.78, 5) is 21.8. The number of ether oxygens (including phenoxy) is 3. The fourth-order valence-electron chi connectivity index (χ4n) is 0.785. The Bertz CT molecular complexity index is 248. The molecule has 6 nitrogen and oxygen atoms in total. The first-order chi connectivity index (χ1) is 6.13. The summed E-state index contributed by atoms with van der Waals surface area (Å²) in [6, 6.07) is 0. The molecule has 1 rings (SSSR count). The van der Waals surface area contributed by atoms with Crippen molar-refractivity contribution in [2.75, 3.05) is 6.61 Å². The molecule has 1 aliphatic rings. The van der Waals surface area contributed by atoms with Gasteiger partial charge in [0.05, 0.1) is 6.61 Å². The summed E-state index contributed by atoms with van der Waals surface area (Å²) >= 11 is 0. The van der Waals surface area contributed by atoms with Gasteiger partial charge in [0.2, 0.25) is 0 Å². The highest BCUT2D eigenvalue weighted by Crippen LogP contribution is 2.22. The van der Waals surface area contributed by atoms with Crippen LogP contribution in [-0.2, 0) is 23.8 Å². The normalized spacial score (nSPS) is 17.3. The molecule has 72 valence electrons. The number of hydrogen-bond acceptors (Lipinski definition) is 5. The number of carboxylic acid groups (broad SMARTS) is 1. The zero-order chi connectivity index (χ0) is 9.90. The first-order valence-corrected chi connectivity index (χ1v) is 3.54. The molecule has 0 bridgehead atoms. The molecule has 0 aromatic heterocycles. The van der Waals surface area contributed by atoms with E-state index < -0.39 is 17.7 Å². The molecule has 0 aromatic rings. The lowest BCUT2D eigenvalue weighted by atomic mass is 10.3. The van der Waals surface area contributed by atoms with Crippen LogP contribution in [0.25, 0.3) is 0 Å². The first-order valence-electron chi connectivity index (χ1n) is 3.54. The number of rotatable bonds is 3. The van der Waals surface area contributed by atoms with Crippen LogP contribution >= 0.6 is 0 Å². The number of carboxylic acids is 1.